The molecule has 2 rings (SSSR count). The van der Waals surface area contributed by atoms with E-state index < -0.39 is 11.6 Å². The molecule has 0 spiro atoms. The molecular weight excluding hydrogens is 236 g/mol. The first-order valence-electron chi connectivity index (χ1n) is 6.42. The van der Waals surface area contributed by atoms with Crippen LogP contribution >= 0.6 is 0 Å². The largest absolute Gasteiger partial charge is 0.490 e. The summed E-state index contributed by atoms with van der Waals surface area (Å²) in [6.45, 7) is 6.34. The summed E-state index contributed by atoms with van der Waals surface area (Å²) in [5.74, 6) is -1.28. The van der Waals surface area contributed by atoms with Crippen LogP contribution in [-0.2, 0) is 0 Å². The van der Waals surface area contributed by atoms with E-state index in [4.69, 9.17) is 4.74 Å². The second-order valence-corrected chi connectivity index (χ2v) is 5.02. The number of rotatable bonds is 3. The van der Waals surface area contributed by atoms with Crippen molar-refractivity contribution in [2.24, 2.45) is 0 Å². The molecule has 0 unspecified atom stereocenters. The fraction of sp³-hybridized carbons (Fsp3) is 0.571. The van der Waals surface area contributed by atoms with Crippen LogP contribution < -0.4 is 4.74 Å². The zero-order chi connectivity index (χ0) is 13.1. The van der Waals surface area contributed by atoms with Crippen molar-refractivity contribution in [2.75, 3.05) is 13.1 Å². The lowest BCUT2D eigenvalue weighted by atomic mass is 10.1. The third-order valence-electron chi connectivity index (χ3n) is 3.40. The first-order chi connectivity index (χ1) is 8.56. The van der Waals surface area contributed by atoms with Crippen LogP contribution in [-0.4, -0.2) is 30.1 Å². The third-order valence-corrected chi connectivity index (χ3v) is 3.40. The number of halogens is 2. The van der Waals surface area contributed by atoms with Gasteiger partial charge < -0.3 is 9.64 Å². The van der Waals surface area contributed by atoms with Gasteiger partial charge >= 0.3 is 0 Å². The molecule has 0 amide bonds. The molecule has 1 aliphatic heterocycles. The molecule has 0 aromatic heterocycles. The van der Waals surface area contributed by atoms with Crippen molar-refractivity contribution in [3.05, 3.63) is 29.8 Å². The smallest absolute Gasteiger partial charge is 0.162 e. The zero-order valence-electron chi connectivity index (χ0n) is 10.8. The Labute approximate surface area is 107 Å². The van der Waals surface area contributed by atoms with E-state index in [9.17, 15) is 8.78 Å². The Morgan fingerprint density at radius 2 is 1.83 bits per heavy atom. The molecule has 18 heavy (non-hydrogen) atoms. The monoisotopic (exact) mass is 255 g/mol. The van der Waals surface area contributed by atoms with E-state index in [0.717, 1.165) is 38.1 Å². The average molecular weight is 255 g/mol. The van der Waals surface area contributed by atoms with Gasteiger partial charge in [0.15, 0.2) is 11.6 Å². The maximum Gasteiger partial charge on any atom is 0.162 e. The van der Waals surface area contributed by atoms with E-state index in [2.05, 4.69) is 18.7 Å². The van der Waals surface area contributed by atoms with E-state index in [-0.39, 0.29) is 6.10 Å². The number of hydrogen-bond donors (Lipinski definition) is 0. The molecule has 0 atom stereocenters. The Balaban J connectivity index is 1.89. The van der Waals surface area contributed by atoms with Crippen LogP contribution in [0.5, 0.6) is 5.75 Å². The minimum atomic E-state index is -0.855. The van der Waals surface area contributed by atoms with Crippen LogP contribution in [0.2, 0.25) is 0 Å². The second-order valence-electron chi connectivity index (χ2n) is 5.02. The molecule has 1 aliphatic rings. The maximum atomic E-state index is 13.0. The lowest BCUT2D eigenvalue weighted by Gasteiger charge is -2.34. The number of ether oxygens (including phenoxy) is 1. The minimum absolute atomic E-state index is 0.102. The molecule has 0 aliphatic carbocycles. The molecule has 0 radical (unpaired) electrons. The van der Waals surface area contributed by atoms with Crippen LogP contribution in [0.15, 0.2) is 18.2 Å². The summed E-state index contributed by atoms with van der Waals surface area (Å²) in [4.78, 5) is 2.39. The van der Waals surface area contributed by atoms with Gasteiger partial charge in [-0.25, -0.2) is 8.78 Å². The van der Waals surface area contributed by atoms with Crippen molar-refractivity contribution >= 4 is 0 Å². The van der Waals surface area contributed by atoms with Gasteiger partial charge in [0.1, 0.15) is 11.9 Å². The van der Waals surface area contributed by atoms with E-state index in [0.29, 0.717) is 11.8 Å². The highest BCUT2D eigenvalue weighted by Crippen LogP contribution is 2.21. The molecule has 0 bridgehead atoms. The molecule has 1 heterocycles. The predicted molar refractivity (Wildman–Crippen MR) is 66.7 cm³/mol. The Morgan fingerprint density at radius 3 is 2.39 bits per heavy atom. The number of hydrogen-bond acceptors (Lipinski definition) is 2. The van der Waals surface area contributed by atoms with Crippen molar-refractivity contribution in [2.45, 2.75) is 38.8 Å². The first-order valence-corrected chi connectivity index (χ1v) is 6.42. The van der Waals surface area contributed by atoms with Crippen molar-refractivity contribution in [1.29, 1.82) is 0 Å². The molecule has 1 aromatic rings. The van der Waals surface area contributed by atoms with Crippen LogP contribution in [0.3, 0.4) is 0 Å². The Morgan fingerprint density at radius 1 is 1.17 bits per heavy atom. The highest BCUT2D eigenvalue weighted by Gasteiger charge is 2.22. The van der Waals surface area contributed by atoms with Gasteiger partial charge in [0.05, 0.1) is 0 Å². The van der Waals surface area contributed by atoms with E-state index >= 15 is 0 Å². The summed E-state index contributed by atoms with van der Waals surface area (Å²) in [5.41, 5.74) is 0. The lowest BCUT2D eigenvalue weighted by Crippen LogP contribution is -2.41. The van der Waals surface area contributed by atoms with Gasteiger partial charge in [-0.05, 0) is 38.8 Å². The normalized spacial score (nSPS) is 18.3. The highest BCUT2D eigenvalue weighted by molar-refractivity contribution is 5.23. The molecule has 0 saturated carbocycles. The van der Waals surface area contributed by atoms with Gasteiger partial charge in [-0.1, -0.05) is 0 Å². The van der Waals surface area contributed by atoms with Gasteiger partial charge in [0.25, 0.3) is 0 Å². The fourth-order valence-corrected chi connectivity index (χ4v) is 2.25. The van der Waals surface area contributed by atoms with Crippen molar-refractivity contribution in [3.63, 3.8) is 0 Å². The van der Waals surface area contributed by atoms with Gasteiger partial charge in [0.2, 0.25) is 0 Å². The van der Waals surface area contributed by atoms with Gasteiger partial charge in [-0.2, -0.15) is 0 Å². The summed E-state index contributed by atoms with van der Waals surface area (Å²) in [6, 6.07) is 4.25. The first kappa shape index (κ1) is 13.3. The summed E-state index contributed by atoms with van der Waals surface area (Å²) >= 11 is 0. The van der Waals surface area contributed by atoms with E-state index in [1.54, 1.807) is 0 Å². The SMILES string of the molecule is CC(C)N1CCC(Oc2ccc(F)c(F)c2)CC1. The average Bonchev–Trinajstić information content (AvgIpc) is 2.34. The van der Waals surface area contributed by atoms with E-state index in [1.807, 2.05) is 0 Å². The predicted octanol–water partition coefficient (Wildman–Crippen LogP) is 3.22. The topological polar surface area (TPSA) is 12.5 Å². The van der Waals surface area contributed by atoms with Crippen molar-refractivity contribution in [3.8, 4) is 5.75 Å². The molecule has 0 N–H and O–H groups in total. The maximum absolute atomic E-state index is 13.0. The Kier molecular flexibility index (Phi) is 4.17. The Hall–Kier alpha value is -1.16. The molecule has 4 heteroatoms. The van der Waals surface area contributed by atoms with Crippen molar-refractivity contribution < 1.29 is 13.5 Å². The lowest BCUT2D eigenvalue weighted by molar-refractivity contribution is 0.0840. The molecule has 2 nitrogen and oxygen atoms in total. The Bertz CT molecular complexity index is 401. The molecule has 100 valence electrons. The van der Waals surface area contributed by atoms with Gasteiger partial charge in [0, 0.05) is 25.2 Å². The number of piperidine rings is 1. The van der Waals surface area contributed by atoms with Crippen LogP contribution in [0.4, 0.5) is 8.78 Å². The highest BCUT2D eigenvalue weighted by atomic mass is 19.2. The number of benzene rings is 1. The van der Waals surface area contributed by atoms with Crippen molar-refractivity contribution in [1.82, 2.24) is 4.90 Å². The second kappa shape index (κ2) is 5.65. The van der Waals surface area contributed by atoms with Crippen LogP contribution in [0.1, 0.15) is 26.7 Å². The third kappa shape index (κ3) is 3.19. The summed E-state index contributed by atoms with van der Waals surface area (Å²) in [5, 5.41) is 0. The standard InChI is InChI=1S/C14H19F2NO/c1-10(2)17-7-5-11(6-8-17)18-12-3-4-13(15)14(16)9-12/h3-4,9-11H,5-8H2,1-2H3. The van der Waals surface area contributed by atoms with E-state index in [1.165, 1.54) is 6.07 Å². The zero-order valence-corrected chi connectivity index (χ0v) is 10.8. The molecule has 1 fully saturated rings. The molecule has 1 aromatic carbocycles. The van der Waals surface area contributed by atoms with Crippen LogP contribution in [0.25, 0.3) is 0 Å². The summed E-state index contributed by atoms with van der Waals surface area (Å²) < 4.78 is 31.5. The fourth-order valence-electron chi connectivity index (χ4n) is 2.25. The van der Waals surface area contributed by atoms with Gasteiger partial charge in [-0.15, -0.1) is 0 Å². The minimum Gasteiger partial charge on any atom is -0.490 e. The summed E-state index contributed by atoms with van der Waals surface area (Å²) in [7, 11) is 0. The number of nitrogens with zero attached hydrogens (tertiary/aromatic N) is 1. The van der Waals surface area contributed by atoms with Gasteiger partial charge in [-0.3, -0.25) is 0 Å². The quantitative estimate of drug-likeness (QED) is 0.822. The molecule has 1 saturated heterocycles. The summed E-state index contributed by atoms with van der Waals surface area (Å²) in [6.07, 6.45) is 1.96. The number of likely N-dealkylation sites (tertiary alicyclic amines) is 1. The molecular formula is C14H19F2NO. The van der Waals surface area contributed by atoms with Crippen LogP contribution in [0, 0.1) is 11.6 Å².